The highest BCUT2D eigenvalue weighted by molar-refractivity contribution is 7.18. The largest absolute Gasteiger partial charge is 0.419 e. The molecule has 32 heavy (non-hydrogen) atoms. The predicted octanol–water partition coefficient (Wildman–Crippen LogP) is 4.20. The molecular formula is C22H15F2N5O2S. The van der Waals surface area contributed by atoms with E-state index in [4.69, 9.17) is 9.68 Å². The average molecular weight is 451 g/mol. The normalized spacial score (nSPS) is 14.8. The minimum Gasteiger partial charge on any atom is -0.419 e. The first kappa shape index (κ1) is 20.2. The Bertz CT molecular complexity index is 1360. The van der Waals surface area contributed by atoms with Gasteiger partial charge >= 0.3 is 5.92 Å². The van der Waals surface area contributed by atoms with E-state index in [1.807, 2.05) is 48.5 Å². The average Bonchev–Trinajstić information content (AvgIpc) is 3.20. The molecule has 0 bridgehead atoms. The van der Waals surface area contributed by atoms with Gasteiger partial charge in [0.25, 0.3) is 5.89 Å². The maximum Gasteiger partial charge on any atom is 0.374 e. The molecule has 160 valence electrons. The number of benzene rings is 2. The Morgan fingerprint density at radius 3 is 2.69 bits per heavy atom. The van der Waals surface area contributed by atoms with Crippen molar-refractivity contribution < 1.29 is 18.0 Å². The van der Waals surface area contributed by atoms with Gasteiger partial charge < -0.3 is 9.73 Å². The van der Waals surface area contributed by atoms with E-state index < -0.39 is 28.3 Å². The van der Waals surface area contributed by atoms with Crippen molar-refractivity contribution in [3.8, 4) is 17.2 Å². The maximum atomic E-state index is 15.0. The van der Waals surface area contributed by atoms with Crippen LogP contribution in [0.1, 0.15) is 29.6 Å². The fraction of sp³-hybridized carbons (Fsp3) is 0.227. The van der Waals surface area contributed by atoms with E-state index >= 15 is 8.78 Å². The van der Waals surface area contributed by atoms with Gasteiger partial charge in [-0.3, -0.25) is 4.79 Å². The molecule has 0 radical (unpaired) electrons. The van der Waals surface area contributed by atoms with Crippen molar-refractivity contribution in [2.45, 2.75) is 30.7 Å². The highest BCUT2D eigenvalue weighted by Crippen LogP contribution is 2.40. The molecule has 0 atom stereocenters. The standard InChI is InChI=1S/C22H15F2N5O2S/c23-22(24,19-29-28-18(31-19)11-17(30)27-21(12-25)8-9-21)20-26-15-7-6-14(10-16(15)32-20)13-4-2-1-3-5-13/h1-7,10H,8-9,11H2,(H,27,30). The van der Waals surface area contributed by atoms with Crippen LogP contribution in [0.4, 0.5) is 8.78 Å². The molecule has 4 aromatic rings. The SMILES string of the molecule is N#CC1(NC(=O)Cc2nnc(C(F)(F)c3nc4ccc(-c5ccccc5)cc4s3)o2)CC1. The van der Waals surface area contributed by atoms with Crippen molar-refractivity contribution in [2.75, 3.05) is 0 Å². The summed E-state index contributed by atoms with van der Waals surface area (Å²) >= 11 is 0.846. The molecule has 1 fully saturated rings. The topological polar surface area (TPSA) is 105 Å². The Morgan fingerprint density at radius 1 is 1.19 bits per heavy atom. The summed E-state index contributed by atoms with van der Waals surface area (Å²) in [4.78, 5) is 16.1. The molecule has 2 heterocycles. The summed E-state index contributed by atoms with van der Waals surface area (Å²) in [7, 11) is 0. The van der Waals surface area contributed by atoms with Gasteiger partial charge in [0.1, 0.15) is 12.0 Å². The molecule has 5 rings (SSSR count). The Balaban J connectivity index is 1.37. The number of rotatable bonds is 6. The zero-order valence-electron chi connectivity index (χ0n) is 16.5. The third-order valence-corrected chi connectivity index (χ3v) is 6.24. The van der Waals surface area contributed by atoms with Gasteiger partial charge in [0.15, 0.2) is 5.01 Å². The lowest BCUT2D eigenvalue weighted by atomic mass is 10.1. The Labute approximate surface area is 184 Å². The highest BCUT2D eigenvalue weighted by atomic mass is 32.1. The van der Waals surface area contributed by atoms with Gasteiger partial charge in [0.05, 0.1) is 16.3 Å². The molecule has 7 nitrogen and oxygen atoms in total. The summed E-state index contributed by atoms with van der Waals surface area (Å²) in [6, 6.07) is 17.0. The van der Waals surface area contributed by atoms with Gasteiger partial charge in [-0.25, -0.2) is 4.98 Å². The summed E-state index contributed by atoms with van der Waals surface area (Å²) in [5, 5.41) is 18.1. The Kier molecular flexibility index (Phi) is 4.71. The van der Waals surface area contributed by atoms with Crippen LogP contribution in [0.2, 0.25) is 0 Å². The number of nitrogens with one attached hydrogen (secondary N) is 1. The molecule has 1 N–H and O–H groups in total. The molecule has 0 spiro atoms. The Morgan fingerprint density at radius 2 is 1.97 bits per heavy atom. The summed E-state index contributed by atoms with van der Waals surface area (Å²) < 4.78 is 35.8. The summed E-state index contributed by atoms with van der Waals surface area (Å²) in [5.41, 5.74) is 1.45. The molecule has 1 aliphatic carbocycles. The van der Waals surface area contributed by atoms with Crippen LogP contribution in [0.3, 0.4) is 0 Å². The van der Waals surface area contributed by atoms with E-state index in [9.17, 15) is 4.79 Å². The number of thiazole rings is 1. The molecule has 2 aromatic carbocycles. The second kappa shape index (κ2) is 7.46. The molecule has 0 unspecified atom stereocenters. The molecular weight excluding hydrogens is 436 g/mol. The monoisotopic (exact) mass is 451 g/mol. The first-order valence-electron chi connectivity index (χ1n) is 9.78. The number of aromatic nitrogens is 3. The van der Waals surface area contributed by atoms with Crippen molar-refractivity contribution in [3.63, 3.8) is 0 Å². The Hall–Kier alpha value is -3.71. The number of carbonyl (C=O) groups excluding carboxylic acids is 1. The smallest absolute Gasteiger partial charge is 0.374 e. The summed E-state index contributed by atoms with van der Waals surface area (Å²) in [5.74, 6) is -5.32. The zero-order valence-corrected chi connectivity index (χ0v) is 17.3. The number of amides is 1. The predicted molar refractivity (Wildman–Crippen MR) is 112 cm³/mol. The number of hydrogen-bond acceptors (Lipinski definition) is 7. The van der Waals surface area contributed by atoms with Gasteiger partial charge in [-0.2, -0.15) is 14.0 Å². The third-order valence-electron chi connectivity index (χ3n) is 5.15. The van der Waals surface area contributed by atoms with Gasteiger partial charge in [0, 0.05) is 0 Å². The molecule has 10 heteroatoms. The number of carbonyl (C=O) groups is 1. The van der Waals surface area contributed by atoms with E-state index in [0.717, 1.165) is 22.5 Å². The van der Waals surface area contributed by atoms with Crippen LogP contribution in [0.25, 0.3) is 21.3 Å². The van der Waals surface area contributed by atoms with Crippen molar-refractivity contribution in [1.29, 1.82) is 5.26 Å². The quantitative estimate of drug-likeness (QED) is 0.471. The lowest BCUT2D eigenvalue weighted by Crippen LogP contribution is -2.36. The minimum atomic E-state index is -3.61. The number of hydrogen-bond donors (Lipinski definition) is 1. The molecule has 1 saturated carbocycles. The molecule has 0 saturated heterocycles. The minimum absolute atomic E-state index is 0.251. The van der Waals surface area contributed by atoms with Crippen molar-refractivity contribution in [2.24, 2.45) is 0 Å². The van der Waals surface area contributed by atoms with Crippen LogP contribution >= 0.6 is 11.3 Å². The third kappa shape index (κ3) is 3.71. The van der Waals surface area contributed by atoms with Gasteiger partial charge in [-0.1, -0.05) is 36.4 Å². The van der Waals surface area contributed by atoms with Crippen LogP contribution in [0.5, 0.6) is 0 Å². The maximum absolute atomic E-state index is 15.0. The zero-order chi connectivity index (χ0) is 22.3. The second-order valence-corrected chi connectivity index (χ2v) is 8.59. The van der Waals surface area contributed by atoms with Crippen LogP contribution < -0.4 is 5.32 Å². The van der Waals surface area contributed by atoms with Gasteiger partial charge in [0.2, 0.25) is 11.8 Å². The fourth-order valence-corrected chi connectivity index (χ4v) is 4.22. The van der Waals surface area contributed by atoms with Crippen molar-refractivity contribution in [3.05, 3.63) is 65.3 Å². The van der Waals surface area contributed by atoms with Crippen LogP contribution in [-0.4, -0.2) is 26.6 Å². The van der Waals surface area contributed by atoms with Gasteiger partial charge in [-0.05, 0) is 36.1 Å². The number of nitriles is 1. The molecule has 0 aliphatic heterocycles. The van der Waals surface area contributed by atoms with Crippen molar-refractivity contribution in [1.82, 2.24) is 20.5 Å². The second-order valence-electron chi connectivity index (χ2n) is 7.56. The summed E-state index contributed by atoms with van der Waals surface area (Å²) in [6.07, 6.45) is 0.741. The van der Waals surface area contributed by atoms with E-state index in [1.165, 1.54) is 0 Å². The van der Waals surface area contributed by atoms with Crippen LogP contribution in [-0.2, 0) is 17.1 Å². The first-order valence-corrected chi connectivity index (χ1v) is 10.6. The van der Waals surface area contributed by atoms with E-state index in [2.05, 4.69) is 20.5 Å². The number of alkyl halides is 2. The molecule has 1 amide bonds. The molecule has 2 aromatic heterocycles. The highest BCUT2D eigenvalue weighted by Gasteiger charge is 2.46. The molecule has 1 aliphatic rings. The van der Waals surface area contributed by atoms with E-state index in [-0.39, 0.29) is 12.3 Å². The lowest BCUT2D eigenvalue weighted by molar-refractivity contribution is -0.121. The fourth-order valence-electron chi connectivity index (χ4n) is 3.25. The van der Waals surface area contributed by atoms with Crippen LogP contribution in [0, 0.1) is 11.3 Å². The summed E-state index contributed by atoms with van der Waals surface area (Å²) in [6.45, 7) is 0. The first-order chi connectivity index (χ1) is 15.4. The lowest BCUT2D eigenvalue weighted by Gasteiger charge is -2.08. The number of nitrogens with zero attached hydrogens (tertiary/aromatic N) is 4. The van der Waals surface area contributed by atoms with Gasteiger partial charge in [-0.15, -0.1) is 21.5 Å². The number of halogens is 2. The number of fused-ring (bicyclic) bond motifs is 1. The van der Waals surface area contributed by atoms with E-state index in [0.29, 0.717) is 23.1 Å². The van der Waals surface area contributed by atoms with Crippen molar-refractivity contribution >= 4 is 27.5 Å². The van der Waals surface area contributed by atoms with E-state index in [1.54, 1.807) is 6.07 Å². The van der Waals surface area contributed by atoms with Crippen LogP contribution in [0.15, 0.2) is 52.9 Å².